The molecule has 1 atom stereocenters. The molecule has 0 fully saturated rings. The van der Waals surface area contributed by atoms with Gasteiger partial charge in [0.25, 0.3) is 0 Å². The van der Waals surface area contributed by atoms with Crippen molar-refractivity contribution in [1.82, 2.24) is 5.32 Å². The molecule has 0 amide bonds. The summed E-state index contributed by atoms with van der Waals surface area (Å²) in [5.41, 5.74) is 6.47. The molecule has 0 radical (unpaired) electrons. The number of benzene rings is 2. The fourth-order valence-electron chi connectivity index (χ4n) is 3.63. The van der Waals surface area contributed by atoms with Gasteiger partial charge in [-0.2, -0.15) is 0 Å². The predicted octanol–water partition coefficient (Wildman–Crippen LogP) is 5.39. The van der Waals surface area contributed by atoms with Gasteiger partial charge in [-0.05, 0) is 48.8 Å². The van der Waals surface area contributed by atoms with E-state index in [1.807, 2.05) is 12.3 Å². The maximum atomic E-state index is 8.96. The zero-order chi connectivity index (χ0) is 18.0. The van der Waals surface area contributed by atoms with E-state index < -0.39 is 0 Å². The summed E-state index contributed by atoms with van der Waals surface area (Å²) in [6.45, 7) is 8.81. The monoisotopic (exact) mass is 332 g/mol. The largest absolute Gasteiger partial charge is 0.388 e. The first-order chi connectivity index (χ1) is 12.0. The molecule has 0 saturated heterocycles. The van der Waals surface area contributed by atoms with Crippen molar-refractivity contribution < 1.29 is 0 Å². The Morgan fingerprint density at radius 2 is 1.60 bits per heavy atom. The molecule has 3 rings (SSSR count). The molecule has 0 aliphatic heterocycles. The molecule has 2 heteroatoms. The summed E-state index contributed by atoms with van der Waals surface area (Å²) in [4.78, 5) is 0. The molecular formula is C23H28N2. The van der Waals surface area contributed by atoms with E-state index in [0.29, 0.717) is 23.6 Å². The summed E-state index contributed by atoms with van der Waals surface area (Å²) >= 11 is 0. The van der Waals surface area contributed by atoms with Crippen molar-refractivity contribution in [3.8, 4) is 0 Å². The van der Waals surface area contributed by atoms with Crippen LogP contribution in [0.25, 0.3) is 5.57 Å². The first-order valence-corrected chi connectivity index (χ1v) is 9.21. The molecule has 1 unspecified atom stereocenters. The minimum absolute atomic E-state index is 0.344. The quantitative estimate of drug-likeness (QED) is 0.777. The number of hydrogen-bond acceptors (Lipinski definition) is 2. The number of fused-ring (bicyclic) bond motifs is 2. The number of rotatable bonds is 3. The highest BCUT2D eigenvalue weighted by atomic mass is 14.9. The van der Waals surface area contributed by atoms with Gasteiger partial charge in [0.2, 0.25) is 0 Å². The second-order valence-electron chi connectivity index (χ2n) is 7.55. The lowest BCUT2D eigenvalue weighted by atomic mass is 9.75. The molecule has 0 aromatic heterocycles. The van der Waals surface area contributed by atoms with Crippen LogP contribution in [0.2, 0.25) is 0 Å². The van der Waals surface area contributed by atoms with E-state index in [1.165, 1.54) is 16.7 Å². The molecule has 25 heavy (non-hydrogen) atoms. The maximum Gasteiger partial charge on any atom is 0.0708 e. The summed E-state index contributed by atoms with van der Waals surface area (Å²) in [6.07, 6.45) is 3.04. The number of hydrogen-bond donors (Lipinski definition) is 2. The lowest BCUT2D eigenvalue weighted by molar-refractivity contribution is 0.494. The maximum absolute atomic E-state index is 8.96. The second kappa shape index (κ2) is 7.26. The van der Waals surface area contributed by atoms with E-state index in [2.05, 4.69) is 75.5 Å². The van der Waals surface area contributed by atoms with Crippen molar-refractivity contribution >= 4 is 11.3 Å². The highest BCUT2D eigenvalue weighted by Gasteiger charge is 2.27. The Hall–Kier alpha value is -2.35. The first kappa shape index (κ1) is 17.5. The minimum atomic E-state index is 0.344. The number of allylic oxidation sites excluding steroid dienone is 1. The zero-order valence-corrected chi connectivity index (χ0v) is 15.6. The van der Waals surface area contributed by atoms with E-state index in [0.717, 1.165) is 17.6 Å². The standard InChI is InChI=1S/C23H28N2/c1-15(2)21-13-17-9-5-6-10-18(17)22(14-25-16(3)4)23(24)20-12-8-7-11-19(20)21/h5-12,14-16,21,24-25H,13H2,1-4H3/b22-14-,24-23?. The lowest BCUT2D eigenvalue weighted by Gasteiger charge is -2.29. The molecule has 1 aliphatic rings. The van der Waals surface area contributed by atoms with E-state index >= 15 is 0 Å². The summed E-state index contributed by atoms with van der Waals surface area (Å²) in [5.74, 6) is 0.957. The van der Waals surface area contributed by atoms with Crippen LogP contribution in [0.1, 0.15) is 55.9 Å². The lowest BCUT2D eigenvalue weighted by Crippen LogP contribution is -2.22. The smallest absolute Gasteiger partial charge is 0.0708 e. The average molecular weight is 332 g/mol. The van der Waals surface area contributed by atoms with Crippen LogP contribution in [-0.2, 0) is 6.42 Å². The van der Waals surface area contributed by atoms with Gasteiger partial charge in [0.1, 0.15) is 0 Å². The van der Waals surface area contributed by atoms with Gasteiger partial charge in [-0.25, -0.2) is 0 Å². The highest BCUT2D eigenvalue weighted by Crippen LogP contribution is 2.37. The minimum Gasteiger partial charge on any atom is -0.388 e. The Kier molecular flexibility index (Phi) is 5.08. The second-order valence-corrected chi connectivity index (χ2v) is 7.55. The molecule has 0 spiro atoms. The fourth-order valence-corrected chi connectivity index (χ4v) is 3.63. The van der Waals surface area contributed by atoms with Crippen LogP contribution >= 0.6 is 0 Å². The van der Waals surface area contributed by atoms with Gasteiger partial charge >= 0.3 is 0 Å². The van der Waals surface area contributed by atoms with Gasteiger partial charge in [-0.15, -0.1) is 0 Å². The summed E-state index contributed by atoms with van der Waals surface area (Å²) < 4.78 is 0. The van der Waals surface area contributed by atoms with Crippen molar-refractivity contribution in [2.24, 2.45) is 5.92 Å². The van der Waals surface area contributed by atoms with Crippen molar-refractivity contribution in [2.45, 2.75) is 46.1 Å². The van der Waals surface area contributed by atoms with E-state index in [4.69, 9.17) is 5.41 Å². The summed E-state index contributed by atoms with van der Waals surface area (Å²) in [6, 6.07) is 17.4. The van der Waals surface area contributed by atoms with Gasteiger partial charge < -0.3 is 5.32 Å². The molecule has 2 aromatic rings. The third-order valence-electron chi connectivity index (χ3n) is 5.01. The van der Waals surface area contributed by atoms with Crippen molar-refractivity contribution in [1.29, 1.82) is 5.41 Å². The molecule has 1 aliphatic carbocycles. The Labute approximate surface area is 151 Å². The van der Waals surface area contributed by atoms with E-state index in [-0.39, 0.29) is 0 Å². The van der Waals surface area contributed by atoms with Crippen LogP contribution < -0.4 is 5.32 Å². The van der Waals surface area contributed by atoms with Gasteiger partial charge in [-0.3, -0.25) is 5.41 Å². The van der Waals surface area contributed by atoms with Crippen LogP contribution in [0.4, 0.5) is 0 Å². The van der Waals surface area contributed by atoms with Crippen LogP contribution in [0.3, 0.4) is 0 Å². The molecule has 0 saturated carbocycles. The summed E-state index contributed by atoms with van der Waals surface area (Å²) in [5, 5.41) is 12.4. The molecule has 2 aromatic carbocycles. The average Bonchev–Trinajstić information content (AvgIpc) is 2.59. The van der Waals surface area contributed by atoms with Gasteiger partial charge in [0.05, 0.1) is 5.71 Å². The normalized spacial score (nSPS) is 18.7. The van der Waals surface area contributed by atoms with E-state index in [9.17, 15) is 0 Å². The first-order valence-electron chi connectivity index (χ1n) is 9.21. The molecule has 0 bridgehead atoms. The SMILES string of the molecule is CC(C)N/C=C1\C(=N)c2ccccc2C(C(C)C)Cc2ccccc21. The molecule has 2 nitrogen and oxygen atoms in total. The van der Waals surface area contributed by atoms with Crippen LogP contribution in [-0.4, -0.2) is 11.8 Å². The summed E-state index contributed by atoms with van der Waals surface area (Å²) in [7, 11) is 0. The molecule has 2 N–H and O–H groups in total. The third kappa shape index (κ3) is 3.53. The molecule has 130 valence electrons. The molecular weight excluding hydrogens is 304 g/mol. The Morgan fingerprint density at radius 1 is 0.960 bits per heavy atom. The van der Waals surface area contributed by atoms with Crippen LogP contribution in [0, 0.1) is 11.3 Å². The Morgan fingerprint density at radius 3 is 2.28 bits per heavy atom. The van der Waals surface area contributed by atoms with Gasteiger partial charge in [-0.1, -0.05) is 62.4 Å². The molecule has 0 heterocycles. The van der Waals surface area contributed by atoms with Crippen molar-refractivity contribution in [2.75, 3.05) is 0 Å². The van der Waals surface area contributed by atoms with E-state index in [1.54, 1.807) is 0 Å². The Bertz CT molecular complexity index is 799. The van der Waals surface area contributed by atoms with Gasteiger partial charge in [0, 0.05) is 23.4 Å². The topological polar surface area (TPSA) is 35.9 Å². The van der Waals surface area contributed by atoms with Gasteiger partial charge in [0.15, 0.2) is 0 Å². The third-order valence-corrected chi connectivity index (χ3v) is 5.01. The van der Waals surface area contributed by atoms with Crippen molar-refractivity contribution in [3.05, 3.63) is 77.0 Å². The fraction of sp³-hybridized carbons (Fsp3) is 0.348. The Balaban J connectivity index is 2.22. The van der Waals surface area contributed by atoms with Crippen LogP contribution in [0.15, 0.2) is 54.7 Å². The number of nitrogens with one attached hydrogen (secondary N) is 2. The van der Waals surface area contributed by atoms with Crippen LogP contribution in [0.5, 0.6) is 0 Å². The predicted molar refractivity (Wildman–Crippen MR) is 107 cm³/mol. The van der Waals surface area contributed by atoms with Crippen molar-refractivity contribution in [3.63, 3.8) is 0 Å². The highest BCUT2D eigenvalue weighted by molar-refractivity contribution is 6.31. The zero-order valence-electron chi connectivity index (χ0n) is 15.6.